The van der Waals surface area contributed by atoms with Crippen LogP contribution < -0.4 is 0 Å². The van der Waals surface area contributed by atoms with Crippen LogP contribution in [-0.2, 0) is 211 Å². The molecule has 0 saturated carbocycles. The van der Waals surface area contributed by atoms with Crippen LogP contribution in [0.25, 0.3) is 0 Å². The maximum Gasteiger partial charge on any atom is 0 e. The van der Waals surface area contributed by atoms with Crippen LogP contribution in [-0.4, -0.2) is 0 Å². The second kappa shape index (κ2) is 108. The Morgan fingerprint density at radius 2 is 0.333 bits per heavy atom. The Balaban J connectivity index is -0.000000000111. The van der Waals surface area contributed by atoms with Gasteiger partial charge in [-0.1, -0.05) is 0 Å². The summed E-state index contributed by atoms with van der Waals surface area (Å²) in [4.78, 5) is 0. The van der Waals surface area contributed by atoms with Gasteiger partial charge in [-0.3, -0.25) is 0 Å². The van der Waals surface area contributed by atoms with Crippen LogP contribution in [0, 0.1) is 6.92 Å². The summed E-state index contributed by atoms with van der Waals surface area (Å²) in [6.45, 7) is 5.00. The quantitative estimate of drug-likeness (QED) is 0.316. The minimum absolute atomic E-state index is 0. The van der Waals surface area contributed by atoms with E-state index >= 15 is 0 Å². The number of hydrogen-bond donors (Lipinski definition) is 0. The normalized spacial score (nSPS) is 0.500. The first-order chi connectivity index (χ1) is 1.00. The van der Waals surface area contributed by atoms with Crippen molar-refractivity contribution < 1.29 is 211 Å². The minimum atomic E-state index is 0. The van der Waals surface area contributed by atoms with Crippen LogP contribution in [0.4, 0.5) is 0 Å². The Labute approximate surface area is 219 Å². The molecule has 0 N–H and O–H groups in total. The fourth-order valence-corrected chi connectivity index (χ4v) is 0. The predicted molar refractivity (Wildman–Crippen MR) is 11.0 cm³/mol. The summed E-state index contributed by atoms with van der Waals surface area (Å²) in [5.74, 6) is 0. The van der Waals surface area contributed by atoms with Gasteiger partial charge in [0, 0.05) is 211 Å². The molecule has 0 aliphatic rings. The van der Waals surface area contributed by atoms with Gasteiger partial charge >= 0.3 is 0 Å². The average molecular weight is 1870 g/mol. The van der Waals surface area contributed by atoms with Crippen molar-refractivity contribution in [2.75, 3.05) is 0 Å². The van der Waals surface area contributed by atoms with Crippen LogP contribution in [0.1, 0.15) is 6.92 Å². The fraction of sp³-hybridized carbons (Fsp3) is 0.500. The molecule has 0 saturated heterocycles. The third kappa shape index (κ3) is 89.9. The van der Waals surface area contributed by atoms with Crippen molar-refractivity contribution in [1.29, 1.82) is 0 Å². The van der Waals surface area contributed by atoms with Crippen LogP contribution in [0.3, 0.4) is 0 Å². The first kappa shape index (κ1) is 97.2. The first-order valence-corrected chi connectivity index (χ1v) is 0.707. The van der Waals surface area contributed by atoms with E-state index in [2.05, 4.69) is 6.92 Å². The maximum atomic E-state index is 3.25. The molecule has 10 heteroatoms. The summed E-state index contributed by atoms with van der Waals surface area (Å²) in [7, 11) is 0. The molecule has 0 aromatic carbocycles. The van der Waals surface area contributed by atoms with Gasteiger partial charge in [0.25, 0.3) is 0 Å². The fourth-order valence-electron chi connectivity index (χ4n) is 0. The Morgan fingerprint density at radius 3 is 0.333 bits per heavy atom. The predicted octanol–water partition coefficient (Wildman–Crippen LogP) is 0.815. The van der Waals surface area contributed by atoms with Crippen LogP contribution in [0.15, 0.2) is 0 Å². The third-order valence-corrected chi connectivity index (χ3v) is 0. The molecule has 0 rings (SSSR count). The molecular weight excluding hydrogens is 1860 g/mol. The molecule has 12 heavy (non-hydrogen) atoms. The van der Waals surface area contributed by atoms with E-state index < -0.39 is 0 Å². The van der Waals surface area contributed by atoms with Gasteiger partial charge in [0.05, 0.1) is 0 Å². The van der Waals surface area contributed by atoms with E-state index in [0.717, 1.165) is 0 Å². The molecule has 0 bridgehead atoms. The standard InChI is InChI=1S/C2H5.10W/c1-2;;;;;;;;;;/h1H2,2H3;;;;;;;;;;/q-1;;;;;;;;;;. The van der Waals surface area contributed by atoms with E-state index in [9.17, 15) is 0 Å². The van der Waals surface area contributed by atoms with E-state index in [4.69, 9.17) is 0 Å². The molecule has 0 nitrogen and oxygen atoms in total. The Morgan fingerprint density at radius 1 is 0.333 bits per heavy atom. The van der Waals surface area contributed by atoms with E-state index in [1.807, 2.05) is 0 Å². The first-order valence-electron chi connectivity index (χ1n) is 0.707. The molecule has 0 amide bonds. The summed E-state index contributed by atoms with van der Waals surface area (Å²) >= 11 is 0. The summed E-state index contributed by atoms with van der Waals surface area (Å²) in [5.41, 5.74) is 0. The summed E-state index contributed by atoms with van der Waals surface area (Å²) < 4.78 is 0. The minimum Gasteiger partial charge on any atom is -0.346 e. The summed E-state index contributed by atoms with van der Waals surface area (Å²) in [6.07, 6.45) is 0. The Kier molecular flexibility index (Phi) is 871. The maximum absolute atomic E-state index is 3.25. The number of rotatable bonds is 0. The van der Waals surface area contributed by atoms with Crippen LogP contribution in [0.2, 0.25) is 0 Å². The Hall–Kier alpha value is 6.88. The smallest absolute Gasteiger partial charge is 0 e. The second-order valence-corrected chi connectivity index (χ2v) is 0. The van der Waals surface area contributed by atoms with Crippen molar-refractivity contribution in [2.45, 2.75) is 6.92 Å². The molecule has 0 aromatic rings. The Bertz CT molecular complexity index is 7.80. The molecular formula is C2H5W10-. The monoisotopic (exact) mass is 1870 g/mol. The van der Waals surface area contributed by atoms with Gasteiger partial charge in [-0.15, -0.1) is 0 Å². The van der Waals surface area contributed by atoms with Crippen LogP contribution in [0.5, 0.6) is 0 Å². The summed E-state index contributed by atoms with van der Waals surface area (Å²) in [5, 5.41) is 0. The average Bonchev–Trinajstić information content (AvgIpc) is 1.00. The molecule has 0 aromatic heterocycles. The topological polar surface area (TPSA) is 0 Å². The van der Waals surface area contributed by atoms with Gasteiger partial charge in [-0.25, -0.2) is 0 Å². The van der Waals surface area contributed by atoms with E-state index in [1.165, 1.54) is 0 Å². The molecule has 0 aliphatic heterocycles. The zero-order valence-corrected chi connectivity index (χ0v) is 35.1. The molecule has 0 unspecified atom stereocenters. The number of hydrogen-bond acceptors (Lipinski definition) is 0. The third-order valence-electron chi connectivity index (χ3n) is 0. The van der Waals surface area contributed by atoms with Gasteiger partial charge in [-0.05, 0) is 0 Å². The van der Waals surface area contributed by atoms with Gasteiger partial charge in [0.15, 0.2) is 0 Å². The van der Waals surface area contributed by atoms with Crippen molar-refractivity contribution in [3.05, 3.63) is 6.92 Å². The summed E-state index contributed by atoms with van der Waals surface area (Å²) in [6, 6.07) is 0. The van der Waals surface area contributed by atoms with E-state index in [0.29, 0.717) is 0 Å². The largest absolute Gasteiger partial charge is 0.346 e. The SMILES string of the molecule is [CH2-]C.[W].[W].[W].[W].[W].[W].[W].[W].[W].[W]. The van der Waals surface area contributed by atoms with Gasteiger partial charge in [0.2, 0.25) is 0 Å². The van der Waals surface area contributed by atoms with Crippen molar-refractivity contribution in [3.63, 3.8) is 0 Å². The van der Waals surface area contributed by atoms with E-state index in [-0.39, 0.29) is 211 Å². The van der Waals surface area contributed by atoms with Crippen LogP contribution >= 0.6 is 0 Å². The molecule has 74 valence electrons. The van der Waals surface area contributed by atoms with Crippen molar-refractivity contribution in [3.8, 4) is 0 Å². The second-order valence-electron chi connectivity index (χ2n) is 0. The zero-order valence-electron chi connectivity index (χ0n) is 5.79. The van der Waals surface area contributed by atoms with Crippen molar-refractivity contribution in [2.24, 2.45) is 0 Å². The molecule has 0 fully saturated rings. The van der Waals surface area contributed by atoms with Crippen molar-refractivity contribution in [1.82, 2.24) is 0 Å². The molecule has 0 aliphatic carbocycles. The van der Waals surface area contributed by atoms with Gasteiger partial charge < -0.3 is 6.92 Å². The molecule has 0 atom stereocenters. The molecule has 0 heterocycles. The molecule has 0 spiro atoms. The van der Waals surface area contributed by atoms with Gasteiger partial charge in [-0.2, -0.15) is 6.92 Å². The van der Waals surface area contributed by atoms with Gasteiger partial charge in [0.1, 0.15) is 0 Å². The van der Waals surface area contributed by atoms with E-state index in [1.54, 1.807) is 6.92 Å². The zero-order chi connectivity index (χ0) is 2.00. The van der Waals surface area contributed by atoms with Crippen molar-refractivity contribution >= 4 is 0 Å². The molecule has 0 radical (unpaired) electrons.